The zero-order chi connectivity index (χ0) is 27.5. The molecule has 3 N–H and O–H groups in total. The average Bonchev–Trinajstić information content (AvgIpc) is 3.66. The first-order valence-electron chi connectivity index (χ1n) is 13.8. The van der Waals surface area contributed by atoms with Crippen LogP contribution in [-0.4, -0.2) is 34.4 Å². The lowest BCUT2D eigenvalue weighted by Gasteiger charge is -2.31. The molecule has 9 heteroatoms. The topological polar surface area (TPSA) is 118 Å². The highest BCUT2D eigenvalue weighted by Crippen LogP contribution is 2.51. The molecule has 2 heterocycles. The van der Waals surface area contributed by atoms with Gasteiger partial charge in [0.25, 0.3) is 0 Å². The van der Waals surface area contributed by atoms with Crippen LogP contribution in [0.2, 0.25) is 0 Å². The van der Waals surface area contributed by atoms with Gasteiger partial charge in [-0.2, -0.15) is 10.4 Å². The lowest BCUT2D eigenvalue weighted by molar-refractivity contribution is 0.186. The quantitative estimate of drug-likeness (QED) is 0.327. The van der Waals surface area contributed by atoms with Crippen LogP contribution < -0.4 is 20.7 Å². The number of nitrogens with one attached hydrogen (secondary N) is 1. The molecular formula is C30H36N6O3. The van der Waals surface area contributed by atoms with Gasteiger partial charge in [0.1, 0.15) is 23.1 Å². The summed E-state index contributed by atoms with van der Waals surface area (Å²) in [5.74, 6) is 1.98. The van der Waals surface area contributed by atoms with Crippen LogP contribution >= 0.6 is 0 Å². The Kier molecular flexibility index (Phi) is 7.75. The van der Waals surface area contributed by atoms with E-state index in [9.17, 15) is 10.1 Å². The third kappa shape index (κ3) is 5.43. The van der Waals surface area contributed by atoms with E-state index in [1.807, 2.05) is 44.2 Å². The fraction of sp³-hybridized carbons (Fsp3) is 0.433. The summed E-state index contributed by atoms with van der Waals surface area (Å²) in [6.07, 6.45) is 8.54. The van der Waals surface area contributed by atoms with Gasteiger partial charge in [-0.3, -0.25) is 0 Å². The summed E-state index contributed by atoms with van der Waals surface area (Å²) >= 11 is 0. The van der Waals surface area contributed by atoms with Crippen LogP contribution in [-0.2, 0) is 4.74 Å². The molecule has 2 aromatic heterocycles. The Morgan fingerprint density at radius 3 is 2.54 bits per heavy atom. The van der Waals surface area contributed by atoms with Crippen LogP contribution in [0.15, 0.2) is 48.4 Å². The first-order valence-corrected chi connectivity index (χ1v) is 13.8. The van der Waals surface area contributed by atoms with E-state index >= 15 is 0 Å². The highest BCUT2D eigenvalue weighted by atomic mass is 16.6. The summed E-state index contributed by atoms with van der Waals surface area (Å²) < 4.78 is 13.1. The van der Waals surface area contributed by atoms with Crippen LogP contribution in [0.5, 0.6) is 5.75 Å². The number of rotatable bonds is 8. The van der Waals surface area contributed by atoms with Crippen LogP contribution in [0.3, 0.4) is 0 Å². The molecule has 0 unspecified atom stereocenters. The van der Waals surface area contributed by atoms with Gasteiger partial charge in [0.15, 0.2) is 5.82 Å². The minimum Gasteiger partial charge on any atom is -0.494 e. The Bertz CT molecular complexity index is 1410. The third-order valence-corrected chi connectivity index (χ3v) is 7.53. The minimum atomic E-state index is -0.548. The summed E-state index contributed by atoms with van der Waals surface area (Å²) in [6.45, 7) is 6.05. The number of nitriles is 1. The number of allylic oxidation sites excluding steroid dienone is 2. The maximum Gasteiger partial charge on any atom is 0.425 e. The standard InChI is InChI=1S/C30H36N6O3/c1-4-19(3)39-30(37)35(23-12-14-24(15-13-23)38-5-2)29-27(20-6-7-20)28(34-22-10-8-21(32)9-11-22)25(18-31)26-16-17-33-36(26)29/h4,12-17,20-22,34H,5-11,32H2,1-3H3/b19-4+. The molecule has 39 heavy (non-hydrogen) atoms. The molecule has 204 valence electrons. The van der Waals surface area contributed by atoms with E-state index in [-0.39, 0.29) is 18.0 Å². The van der Waals surface area contributed by atoms with E-state index < -0.39 is 6.09 Å². The summed E-state index contributed by atoms with van der Waals surface area (Å²) in [7, 11) is 0. The van der Waals surface area contributed by atoms with Crippen LogP contribution in [0.1, 0.15) is 76.3 Å². The lowest BCUT2D eigenvalue weighted by atomic mass is 9.91. The number of carbonyl (C=O) groups is 1. The van der Waals surface area contributed by atoms with Crippen molar-refractivity contribution in [3.8, 4) is 11.8 Å². The molecule has 2 aliphatic carbocycles. The van der Waals surface area contributed by atoms with E-state index in [1.54, 1.807) is 28.6 Å². The smallest absolute Gasteiger partial charge is 0.425 e. The van der Waals surface area contributed by atoms with Crippen LogP contribution in [0.4, 0.5) is 22.0 Å². The van der Waals surface area contributed by atoms with Crippen LogP contribution in [0.25, 0.3) is 5.52 Å². The minimum absolute atomic E-state index is 0.190. The number of hydrogen-bond donors (Lipinski definition) is 2. The Balaban J connectivity index is 1.72. The van der Waals surface area contributed by atoms with Gasteiger partial charge in [-0.1, -0.05) is 0 Å². The maximum atomic E-state index is 13.9. The normalized spacial score (nSPS) is 19.4. The number of amides is 1. The highest BCUT2D eigenvalue weighted by molar-refractivity contribution is 5.99. The first-order chi connectivity index (χ1) is 18.9. The lowest BCUT2D eigenvalue weighted by Crippen LogP contribution is -2.34. The number of carbonyl (C=O) groups excluding carboxylic acids is 1. The van der Waals surface area contributed by atoms with Crippen molar-refractivity contribution in [2.45, 2.75) is 77.3 Å². The summed E-state index contributed by atoms with van der Waals surface area (Å²) in [5, 5.41) is 18.7. The second kappa shape index (κ2) is 11.4. The van der Waals surface area contributed by atoms with E-state index in [0.717, 1.165) is 49.8 Å². The second-order valence-corrected chi connectivity index (χ2v) is 10.3. The van der Waals surface area contributed by atoms with E-state index in [0.29, 0.717) is 40.7 Å². The van der Waals surface area contributed by atoms with Crippen molar-refractivity contribution in [1.82, 2.24) is 9.61 Å². The molecule has 1 amide bonds. The van der Waals surface area contributed by atoms with Gasteiger partial charge in [0, 0.05) is 17.6 Å². The molecule has 2 fully saturated rings. The molecule has 5 rings (SSSR count). The van der Waals surface area contributed by atoms with E-state index in [4.69, 9.17) is 15.2 Å². The Morgan fingerprint density at radius 1 is 1.21 bits per heavy atom. The van der Waals surface area contributed by atoms with Crippen molar-refractivity contribution >= 4 is 28.8 Å². The van der Waals surface area contributed by atoms with Gasteiger partial charge < -0.3 is 20.5 Å². The number of ether oxygens (including phenoxy) is 2. The molecule has 0 spiro atoms. The van der Waals surface area contributed by atoms with Gasteiger partial charge in [-0.25, -0.2) is 14.2 Å². The number of pyridine rings is 1. The molecule has 0 saturated heterocycles. The SMILES string of the molecule is C/C=C(\C)OC(=O)N(c1ccc(OCC)cc1)c1c(C2CC2)c(NC2CCC(N)CC2)c(C#N)c2ccnn12. The fourth-order valence-corrected chi connectivity index (χ4v) is 5.27. The largest absolute Gasteiger partial charge is 0.494 e. The van der Waals surface area contributed by atoms with Gasteiger partial charge in [0.05, 0.1) is 29.7 Å². The Morgan fingerprint density at radius 2 is 1.92 bits per heavy atom. The highest BCUT2D eigenvalue weighted by Gasteiger charge is 2.38. The summed E-state index contributed by atoms with van der Waals surface area (Å²) in [4.78, 5) is 15.4. The number of fused-ring (bicyclic) bond motifs is 1. The predicted octanol–water partition coefficient (Wildman–Crippen LogP) is 6.36. The van der Waals surface area contributed by atoms with Crippen LogP contribution in [0, 0.1) is 11.3 Å². The van der Waals surface area contributed by atoms with Crippen molar-refractivity contribution in [2.24, 2.45) is 5.73 Å². The third-order valence-electron chi connectivity index (χ3n) is 7.53. The van der Waals surface area contributed by atoms with Crippen molar-refractivity contribution in [2.75, 3.05) is 16.8 Å². The Hall–Kier alpha value is -4.03. The second-order valence-electron chi connectivity index (χ2n) is 10.3. The zero-order valence-corrected chi connectivity index (χ0v) is 22.8. The number of nitrogens with zero attached hydrogens (tertiary/aromatic N) is 4. The van der Waals surface area contributed by atoms with Crippen molar-refractivity contribution in [3.63, 3.8) is 0 Å². The predicted molar refractivity (Wildman–Crippen MR) is 151 cm³/mol. The molecule has 0 radical (unpaired) electrons. The average molecular weight is 529 g/mol. The number of anilines is 3. The number of benzene rings is 1. The molecular weight excluding hydrogens is 492 g/mol. The zero-order valence-electron chi connectivity index (χ0n) is 22.8. The summed E-state index contributed by atoms with van der Waals surface area (Å²) in [5.41, 5.74) is 9.67. The molecule has 3 aromatic rings. The van der Waals surface area contributed by atoms with Gasteiger partial charge in [-0.05, 0) is 102 Å². The Labute approximate surface area is 229 Å². The van der Waals surface area contributed by atoms with E-state index in [2.05, 4.69) is 16.5 Å². The molecule has 0 aliphatic heterocycles. The molecule has 0 atom stereocenters. The number of aromatic nitrogens is 2. The van der Waals surface area contributed by atoms with Crippen molar-refractivity contribution in [3.05, 3.63) is 59.5 Å². The monoisotopic (exact) mass is 528 g/mol. The van der Waals surface area contributed by atoms with Gasteiger partial charge in [-0.15, -0.1) is 0 Å². The van der Waals surface area contributed by atoms with Crippen molar-refractivity contribution in [1.29, 1.82) is 5.26 Å². The molecule has 0 bridgehead atoms. The number of hydrogen-bond acceptors (Lipinski definition) is 7. The molecule has 2 saturated carbocycles. The molecule has 9 nitrogen and oxygen atoms in total. The molecule has 2 aliphatic rings. The van der Waals surface area contributed by atoms with Gasteiger partial charge >= 0.3 is 6.09 Å². The van der Waals surface area contributed by atoms with Crippen molar-refractivity contribution < 1.29 is 14.3 Å². The van der Waals surface area contributed by atoms with Gasteiger partial charge in [0.2, 0.25) is 0 Å². The maximum absolute atomic E-state index is 13.9. The molecule has 1 aromatic carbocycles. The summed E-state index contributed by atoms with van der Waals surface area (Å²) in [6, 6.07) is 12.0. The fourth-order valence-electron chi connectivity index (χ4n) is 5.27. The number of nitrogens with two attached hydrogens (primary N) is 1. The van der Waals surface area contributed by atoms with E-state index in [1.165, 1.54) is 0 Å². The first kappa shape index (κ1) is 26.6.